The third-order valence-corrected chi connectivity index (χ3v) is 2.21. The average molecular weight is 290 g/mol. The normalized spacial score (nSPS) is 11.0. The smallest absolute Gasteiger partial charge is 0.466 e. The first-order valence-electron chi connectivity index (χ1n) is 5.82. The molecule has 4 nitrogen and oxygen atoms in total. The highest BCUT2D eigenvalue weighted by Crippen LogP contribution is 2.22. The fourth-order valence-corrected chi connectivity index (χ4v) is 1.47. The Morgan fingerprint density at radius 3 is 2.25 bits per heavy atom. The second kappa shape index (κ2) is 6.93. The van der Waals surface area contributed by atoms with Crippen molar-refractivity contribution in [1.82, 2.24) is 0 Å². The molecule has 7 heteroatoms. The minimum absolute atomic E-state index is 0.0505. The van der Waals surface area contributed by atoms with Crippen LogP contribution in [0.25, 0.3) is 0 Å². The molecule has 0 saturated carbocycles. The molecule has 0 spiro atoms. The highest BCUT2D eigenvalue weighted by atomic mass is 19.4. The lowest BCUT2D eigenvalue weighted by Crippen LogP contribution is -2.17. The Morgan fingerprint density at radius 2 is 1.75 bits per heavy atom. The van der Waals surface area contributed by atoms with Gasteiger partial charge in [-0.15, -0.1) is 13.2 Å². The first-order chi connectivity index (χ1) is 9.30. The molecule has 0 aliphatic carbocycles. The van der Waals surface area contributed by atoms with Crippen LogP contribution in [-0.4, -0.2) is 24.7 Å². The van der Waals surface area contributed by atoms with Crippen LogP contribution in [0.4, 0.5) is 13.2 Å². The molecule has 0 radical (unpaired) electrons. The van der Waals surface area contributed by atoms with Crippen LogP contribution < -0.4 is 4.74 Å². The Bertz CT molecular complexity index is 465. The van der Waals surface area contributed by atoms with Gasteiger partial charge in [-0.2, -0.15) is 0 Å². The van der Waals surface area contributed by atoms with Crippen molar-refractivity contribution in [2.24, 2.45) is 0 Å². The Morgan fingerprint density at radius 1 is 1.15 bits per heavy atom. The summed E-state index contributed by atoms with van der Waals surface area (Å²) >= 11 is 0. The number of halogens is 3. The van der Waals surface area contributed by atoms with E-state index in [1.165, 1.54) is 12.1 Å². The Kier molecular flexibility index (Phi) is 5.54. The molecule has 1 rings (SSSR count). The zero-order valence-electron chi connectivity index (χ0n) is 10.7. The van der Waals surface area contributed by atoms with E-state index in [4.69, 9.17) is 0 Å². The van der Waals surface area contributed by atoms with Crippen molar-refractivity contribution in [2.45, 2.75) is 26.1 Å². The van der Waals surface area contributed by atoms with E-state index in [1.807, 2.05) is 0 Å². The summed E-state index contributed by atoms with van der Waals surface area (Å²) in [7, 11) is 0. The molecule has 0 unspecified atom stereocenters. The number of ketones is 1. The summed E-state index contributed by atoms with van der Waals surface area (Å²) in [5.74, 6) is -1.35. The largest absolute Gasteiger partial charge is 0.573 e. The van der Waals surface area contributed by atoms with Crippen molar-refractivity contribution in [3.05, 3.63) is 29.8 Å². The molecule has 0 aromatic heterocycles. The molecule has 0 amide bonds. The van der Waals surface area contributed by atoms with Crippen LogP contribution in [-0.2, 0) is 20.7 Å². The number of Topliss-reactive ketones (excluding diaryl/α,β-unsaturated/α-hetero) is 1. The second-order valence-electron chi connectivity index (χ2n) is 3.89. The molecule has 20 heavy (non-hydrogen) atoms. The van der Waals surface area contributed by atoms with Gasteiger partial charge in [-0.1, -0.05) is 12.1 Å². The fourth-order valence-electron chi connectivity index (χ4n) is 1.47. The molecule has 0 N–H and O–H groups in total. The molecule has 0 fully saturated rings. The second-order valence-corrected chi connectivity index (χ2v) is 3.89. The average Bonchev–Trinajstić information content (AvgIpc) is 2.30. The SMILES string of the molecule is CCOC(=O)CC(=O)Cc1ccc(OC(F)(F)F)cc1. The Hall–Kier alpha value is -2.05. The minimum Gasteiger partial charge on any atom is -0.466 e. The van der Waals surface area contributed by atoms with Gasteiger partial charge in [-0.3, -0.25) is 9.59 Å². The number of esters is 1. The molecule has 1 aromatic carbocycles. The van der Waals surface area contributed by atoms with Gasteiger partial charge in [0, 0.05) is 6.42 Å². The van der Waals surface area contributed by atoms with Gasteiger partial charge in [0.25, 0.3) is 0 Å². The van der Waals surface area contributed by atoms with Gasteiger partial charge in [-0.05, 0) is 24.6 Å². The lowest BCUT2D eigenvalue weighted by atomic mass is 10.1. The van der Waals surface area contributed by atoms with E-state index in [-0.39, 0.29) is 31.0 Å². The van der Waals surface area contributed by atoms with Crippen LogP contribution in [0, 0.1) is 0 Å². The Labute approximate surface area is 113 Å². The van der Waals surface area contributed by atoms with Gasteiger partial charge in [-0.25, -0.2) is 0 Å². The number of carbonyl (C=O) groups is 2. The number of carbonyl (C=O) groups excluding carboxylic acids is 2. The first-order valence-corrected chi connectivity index (χ1v) is 5.82. The molecule has 110 valence electrons. The number of hydrogen-bond donors (Lipinski definition) is 0. The summed E-state index contributed by atoms with van der Waals surface area (Å²) in [5, 5.41) is 0. The maximum absolute atomic E-state index is 11.9. The highest BCUT2D eigenvalue weighted by Gasteiger charge is 2.30. The molecular formula is C13H13F3O4. The molecule has 0 heterocycles. The zero-order chi connectivity index (χ0) is 15.2. The summed E-state index contributed by atoms with van der Waals surface area (Å²) in [5.41, 5.74) is 0.494. The minimum atomic E-state index is -4.75. The summed E-state index contributed by atoms with van der Waals surface area (Å²) in [6.07, 6.45) is -5.15. The van der Waals surface area contributed by atoms with Crippen molar-refractivity contribution < 1.29 is 32.2 Å². The van der Waals surface area contributed by atoms with Gasteiger partial charge in [0.15, 0.2) is 0 Å². The fraction of sp³-hybridized carbons (Fsp3) is 0.385. The number of benzene rings is 1. The third-order valence-electron chi connectivity index (χ3n) is 2.21. The van der Waals surface area contributed by atoms with Gasteiger partial charge >= 0.3 is 12.3 Å². The van der Waals surface area contributed by atoms with Crippen molar-refractivity contribution in [2.75, 3.05) is 6.61 Å². The Balaban J connectivity index is 2.53. The van der Waals surface area contributed by atoms with Gasteiger partial charge in [0.1, 0.15) is 18.0 Å². The van der Waals surface area contributed by atoms with E-state index in [9.17, 15) is 22.8 Å². The lowest BCUT2D eigenvalue weighted by Gasteiger charge is -2.09. The van der Waals surface area contributed by atoms with Crippen LogP contribution in [0.2, 0.25) is 0 Å². The van der Waals surface area contributed by atoms with E-state index in [2.05, 4.69) is 9.47 Å². The lowest BCUT2D eigenvalue weighted by molar-refractivity contribution is -0.274. The highest BCUT2D eigenvalue weighted by molar-refractivity contribution is 5.96. The van der Waals surface area contributed by atoms with Crippen molar-refractivity contribution in [3.8, 4) is 5.75 Å². The van der Waals surface area contributed by atoms with E-state index < -0.39 is 12.3 Å². The topological polar surface area (TPSA) is 52.6 Å². The summed E-state index contributed by atoms with van der Waals surface area (Å²) in [6.45, 7) is 1.82. The predicted molar refractivity (Wildman–Crippen MR) is 63.1 cm³/mol. The molecule has 0 aliphatic heterocycles. The maximum atomic E-state index is 11.9. The van der Waals surface area contributed by atoms with Gasteiger partial charge in [0.05, 0.1) is 6.61 Å². The predicted octanol–water partition coefficient (Wildman–Crippen LogP) is 2.65. The molecule has 0 atom stereocenters. The molecule has 1 aromatic rings. The molecule has 0 saturated heterocycles. The number of alkyl halides is 3. The van der Waals surface area contributed by atoms with Crippen LogP contribution >= 0.6 is 0 Å². The quantitative estimate of drug-likeness (QED) is 0.597. The molecule has 0 bridgehead atoms. The maximum Gasteiger partial charge on any atom is 0.573 e. The molecule has 0 aliphatic rings. The van der Waals surface area contributed by atoms with E-state index in [1.54, 1.807) is 6.92 Å². The third kappa shape index (κ3) is 6.21. The van der Waals surface area contributed by atoms with E-state index in [0.717, 1.165) is 12.1 Å². The van der Waals surface area contributed by atoms with Gasteiger partial charge in [0.2, 0.25) is 0 Å². The standard InChI is InChI=1S/C13H13F3O4/c1-2-19-12(18)8-10(17)7-9-3-5-11(6-4-9)20-13(14,15)16/h3-6H,2,7-8H2,1H3. The van der Waals surface area contributed by atoms with Crippen molar-refractivity contribution >= 4 is 11.8 Å². The number of rotatable bonds is 6. The van der Waals surface area contributed by atoms with Crippen molar-refractivity contribution in [3.63, 3.8) is 0 Å². The number of hydrogen-bond acceptors (Lipinski definition) is 4. The van der Waals surface area contributed by atoms with E-state index >= 15 is 0 Å². The zero-order valence-corrected chi connectivity index (χ0v) is 10.7. The summed E-state index contributed by atoms with van der Waals surface area (Å²) in [6, 6.07) is 4.90. The van der Waals surface area contributed by atoms with Crippen LogP contribution in [0.15, 0.2) is 24.3 Å². The first kappa shape index (κ1) is 16.0. The van der Waals surface area contributed by atoms with Crippen LogP contribution in [0.3, 0.4) is 0 Å². The van der Waals surface area contributed by atoms with Crippen LogP contribution in [0.1, 0.15) is 18.9 Å². The summed E-state index contributed by atoms with van der Waals surface area (Å²) < 4.78 is 44.1. The molecular weight excluding hydrogens is 277 g/mol. The number of ether oxygens (including phenoxy) is 2. The van der Waals surface area contributed by atoms with Gasteiger partial charge < -0.3 is 9.47 Å². The van der Waals surface area contributed by atoms with E-state index in [0.29, 0.717) is 5.56 Å². The summed E-state index contributed by atoms with van der Waals surface area (Å²) in [4.78, 5) is 22.6. The van der Waals surface area contributed by atoms with Crippen LogP contribution in [0.5, 0.6) is 5.75 Å². The van der Waals surface area contributed by atoms with Crippen molar-refractivity contribution in [1.29, 1.82) is 0 Å². The monoisotopic (exact) mass is 290 g/mol.